The van der Waals surface area contributed by atoms with Crippen molar-refractivity contribution in [2.75, 3.05) is 33.4 Å². The molecule has 24 heavy (non-hydrogen) atoms. The Morgan fingerprint density at radius 2 is 2.38 bits per heavy atom. The molecule has 2 fully saturated rings. The molecule has 0 saturated carbocycles. The predicted molar refractivity (Wildman–Crippen MR) is 90.8 cm³/mol. The van der Waals surface area contributed by atoms with Gasteiger partial charge in [-0.2, -0.15) is 5.10 Å². The largest absolute Gasteiger partial charge is 0.478 e. The minimum absolute atomic E-state index is 0.200. The van der Waals surface area contributed by atoms with Crippen molar-refractivity contribution in [3.8, 4) is 0 Å². The lowest BCUT2D eigenvalue weighted by atomic mass is 10.1. The number of nitrogens with one attached hydrogen (secondary N) is 2. The van der Waals surface area contributed by atoms with Crippen LogP contribution in [-0.2, 0) is 9.59 Å². The molecule has 0 aromatic heterocycles. The van der Waals surface area contributed by atoms with E-state index in [-0.39, 0.29) is 22.1 Å². The molecule has 3 N–H and O–H groups in total. The molecule has 3 aliphatic heterocycles. The number of hydrogen-bond acceptors (Lipinski definition) is 7. The number of carbonyl (C=O) groups excluding carboxylic acids is 1. The van der Waals surface area contributed by atoms with E-state index < -0.39 is 5.97 Å². The third kappa shape index (κ3) is 2.98. The lowest BCUT2D eigenvalue weighted by Crippen LogP contribution is -2.60. The van der Waals surface area contributed by atoms with Crippen LogP contribution in [0.4, 0.5) is 0 Å². The van der Waals surface area contributed by atoms with E-state index in [0.717, 1.165) is 13.1 Å². The van der Waals surface area contributed by atoms with Gasteiger partial charge in [0.05, 0.1) is 12.1 Å². The van der Waals surface area contributed by atoms with Gasteiger partial charge in [0.1, 0.15) is 17.9 Å². The first-order valence-corrected chi connectivity index (χ1v) is 8.58. The smallest absolute Gasteiger partial charge is 0.334 e. The van der Waals surface area contributed by atoms with Gasteiger partial charge in [0.25, 0.3) is 5.91 Å². The number of nitrogens with zero attached hydrogens (tertiary/aromatic N) is 4. The zero-order valence-corrected chi connectivity index (χ0v) is 14.3. The van der Waals surface area contributed by atoms with E-state index in [1.807, 2.05) is 11.8 Å². The maximum Gasteiger partial charge on any atom is 0.334 e. The average Bonchev–Trinajstić information content (AvgIpc) is 2.54. The topological polar surface area (TPSA) is 112 Å². The highest BCUT2D eigenvalue weighted by atomic mass is 32.2. The molecule has 9 nitrogen and oxygen atoms in total. The van der Waals surface area contributed by atoms with Crippen molar-refractivity contribution in [1.29, 1.82) is 5.41 Å². The standard InChI is InChI=1S/C14H20N6O3S/c1-8-9(14(22)23)6-20-12(21)11(13(20)24-8)17-18(2)7-19-4-3-16-5-10(19)15/h6,8,13,15-16H,3-5,7H2,1-2H3,(H,22,23)/b15-10?,17-11+/t8?,13-/m1/s1. The predicted octanol–water partition coefficient (Wildman–Crippen LogP) is -0.614. The number of carboxylic acid groups (broad SMARTS) is 1. The van der Waals surface area contributed by atoms with Crippen molar-refractivity contribution in [2.45, 2.75) is 17.5 Å². The molecule has 0 aromatic rings. The minimum atomic E-state index is -0.999. The van der Waals surface area contributed by atoms with Crippen molar-refractivity contribution in [3.63, 3.8) is 0 Å². The number of aliphatic carboxylic acids is 1. The van der Waals surface area contributed by atoms with E-state index >= 15 is 0 Å². The number of thioether (sulfide) groups is 1. The Kier molecular flexibility index (Phi) is 4.50. The Labute approximate surface area is 143 Å². The van der Waals surface area contributed by atoms with Gasteiger partial charge < -0.3 is 15.3 Å². The summed E-state index contributed by atoms with van der Waals surface area (Å²) in [6.07, 6.45) is 1.42. The summed E-state index contributed by atoms with van der Waals surface area (Å²) in [5, 5.41) is 25.8. The Morgan fingerprint density at radius 1 is 1.62 bits per heavy atom. The SMILES string of the molecule is CC1S[C@@H]2/C(=N/N(C)CN3CCNCC3=N)C(=O)N2C=C1C(=O)O. The summed E-state index contributed by atoms with van der Waals surface area (Å²) >= 11 is 1.41. The number of piperazine rings is 1. The van der Waals surface area contributed by atoms with E-state index in [4.69, 9.17) is 10.5 Å². The van der Waals surface area contributed by atoms with Gasteiger partial charge in [-0.25, -0.2) is 4.79 Å². The van der Waals surface area contributed by atoms with Crippen LogP contribution in [0.5, 0.6) is 0 Å². The highest BCUT2D eigenvalue weighted by Crippen LogP contribution is 2.38. The fraction of sp³-hybridized carbons (Fsp3) is 0.571. The molecule has 2 atom stereocenters. The summed E-state index contributed by atoms with van der Waals surface area (Å²) in [5.41, 5.74) is 0.656. The van der Waals surface area contributed by atoms with Crippen molar-refractivity contribution >= 4 is 35.2 Å². The van der Waals surface area contributed by atoms with Gasteiger partial charge in [0.2, 0.25) is 0 Å². The molecule has 10 heteroatoms. The zero-order chi connectivity index (χ0) is 17.4. The number of rotatable bonds is 4. The van der Waals surface area contributed by atoms with Crippen LogP contribution in [0.3, 0.4) is 0 Å². The van der Waals surface area contributed by atoms with Gasteiger partial charge in [0.15, 0.2) is 5.71 Å². The van der Waals surface area contributed by atoms with Crippen LogP contribution in [0.15, 0.2) is 16.9 Å². The molecule has 0 bridgehead atoms. The Hall–Kier alpha value is -2.07. The number of carboxylic acids is 1. The maximum atomic E-state index is 12.2. The Morgan fingerprint density at radius 3 is 3.04 bits per heavy atom. The molecule has 0 spiro atoms. The molecule has 0 aromatic carbocycles. The first kappa shape index (κ1) is 16.8. The molecule has 3 heterocycles. The second-order valence-corrected chi connectivity index (χ2v) is 7.33. The number of carbonyl (C=O) groups is 2. The van der Waals surface area contributed by atoms with Gasteiger partial charge in [-0.1, -0.05) is 0 Å². The Bertz CT molecular complexity index is 648. The second kappa shape index (κ2) is 6.44. The third-order valence-corrected chi connectivity index (χ3v) is 5.49. The van der Waals surface area contributed by atoms with E-state index in [1.165, 1.54) is 22.9 Å². The number of fused-ring (bicyclic) bond motifs is 1. The molecule has 1 amide bonds. The minimum Gasteiger partial charge on any atom is -0.478 e. The van der Waals surface area contributed by atoms with Gasteiger partial charge in [-0.15, -0.1) is 11.8 Å². The average molecular weight is 352 g/mol. The quantitative estimate of drug-likeness (QED) is 0.457. The van der Waals surface area contributed by atoms with E-state index in [9.17, 15) is 9.59 Å². The van der Waals surface area contributed by atoms with Crippen molar-refractivity contribution in [3.05, 3.63) is 11.8 Å². The van der Waals surface area contributed by atoms with E-state index in [2.05, 4.69) is 10.4 Å². The molecule has 130 valence electrons. The second-order valence-electron chi connectivity index (χ2n) is 5.90. The summed E-state index contributed by atoms with van der Waals surface area (Å²) in [4.78, 5) is 26.7. The van der Waals surface area contributed by atoms with E-state index in [0.29, 0.717) is 24.8 Å². The zero-order valence-electron chi connectivity index (χ0n) is 13.5. The number of amidine groups is 1. The number of amides is 1. The van der Waals surface area contributed by atoms with Crippen LogP contribution in [0.2, 0.25) is 0 Å². The molecule has 0 aliphatic carbocycles. The first-order valence-electron chi connectivity index (χ1n) is 7.64. The van der Waals surface area contributed by atoms with Crippen LogP contribution >= 0.6 is 11.8 Å². The van der Waals surface area contributed by atoms with Gasteiger partial charge in [-0.05, 0) is 6.92 Å². The molecule has 3 rings (SSSR count). The van der Waals surface area contributed by atoms with Gasteiger partial charge >= 0.3 is 5.97 Å². The number of β-lactam (4-membered cyclic amide) rings is 1. The first-order chi connectivity index (χ1) is 11.4. The van der Waals surface area contributed by atoms with Crippen molar-refractivity contribution in [2.24, 2.45) is 5.10 Å². The Balaban J connectivity index is 1.68. The van der Waals surface area contributed by atoms with Crippen molar-refractivity contribution < 1.29 is 14.7 Å². The fourth-order valence-corrected chi connectivity index (χ4v) is 4.05. The summed E-state index contributed by atoms with van der Waals surface area (Å²) in [5.74, 6) is -0.758. The van der Waals surface area contributed by atoms with Crippen LogP contribution in [-0.4, -0.2) is 87.3 Å². The molecule has 3 aliphatic rings. The highest BCUT2D eigenvalue weighted by Gasteiger charge is 2.48. The fourth-order valence-electron chi connectivity index (χ4n) is 2.80. The molecule has 0 radical (unpaired) electrons. The molecule has 2 saturated heterocycles. The highest BCUT2D eigenvalue weighted by molar-refractivity contribution is 8.01. The van der Waals surface area contributed by atoms with Crippen LogP contribution in [0.25, 0.3) is 0 Å². The number of hydrazone groups is 1. The number of hydrogen-bond donors (Lipinski definition) is 3. The van der Waals surface area contributed by atoms with Gasteiger partial charge in [0, 0.05) is 31.6 Å². The summed E-state index contributed by atoms with van der Waals surface area (Å²) in [7, 11) is 1.77. The van der Waals surface area contributed by atoms with Gasteiger partial charge in [-0.3, -0.25) is 20.1 Å². The normalized spacial score (nSPS) is 28.4. The van der Waals surface area contributed by atoms with Crippen LogP contribution < -0.4 is 5.32 Å². The molecular weight excluding hydrogens is 332 g/mol. The maximum absolute atomic E-state index is 12.2. The van der Waals surface area contributed by atoms with Crippen LogP contribution in [0, 0.1) is 5.41 Å². The lowest BCUT2D eigenvalue weighted by Gasteiger charge is -2.43. The van der Waals surface area contributed by atoms with Crippen molar-refractivity contribution in [1.82, 2.24) is 20.1 Å². The summed E-state index contributed by atoms with van der Waals surface area (Å²) < 4.78 is 0. The molecule has 1 unspecified atom stereocenters. The summed E-state index contributed by atoms with van der Waals surface area (Å²) in [6, 6.07) is 0. The monoisotopic (exact) mass is 352 g/mol. The summed E-state index contributed by atoms with van der Waals surface area (Å²) in [6.45, 7) is 4.34. The lowest BCUT2D eigenvalue weighted by molar-refractivity contribution is -0.132. The van der Waals surface area contributed by atoms with Crippen LogP contribution in [0.1, 0.15) is 6.92 Å². The molecular formula is C14H20N6O3S. The van der Waals surface area contributed by atoms with E-state index in [1.54, 1.807) is 12.1 Å². The third-order valence-electron chi connectivity index (χ3n) is 4.12.